The zero-order valence-corrected chi connectivity index (χ0v) is 9.07. The summed E-state index contributed by atoms with van der Waals surface area (Å²) in [5.74, 6) is 0.184. The fourth-order valence-electron chi connectivity index (χ4n) is 1.30. The standard InChI is InChI=1S/C11H10ClN3O/c12-11-10(13)9(4-5-14-11)15-7-2-1-3-8(16)6-7/h1-6,16H,13H2,(H,14,15). The molecule has 82 valence electrons. The molecule has 0 radical (unpaired) electrons. The van der Waals surface area contributed by atoms with Crippen molar-refractivity contribution in [1.82, 2.24) is 4.98 Å². The molecule has 0 atom stereocenters. The predicted octanol–water partition coefficient (Wildman–Crippen LogP) is 2.77. The number of phenolic OH excluding ortho intramolecular Hbond substituents is 1. The first-order chi connectivity index (χ1) is 7.66. The number of hydrogen-bond acceptors (Lipinski definition) is 4. The first-order valence-corrected chi connectivity index (χ1v) is 5.00. The van der Waals surface area contributed by atoms with E-state index in [1.165, 1.54) is 0 Å². The summed E-state index contributed by atoms with van der Waals surface area (Å²) in [4.78, 5) is 3.85. The Bertz CT molecular complexity index is 516. The number of aromatic hydroxyl groups is 1. The first kappa shape index (κ1) is 10.6. The molecule has 1 aromatic heterocycles. The zero-order chi connectivity index (χ0) is 11.5. The van der Waals surface area contributed by atoms with Crippen LogP contribution in [0.3, 0.4) is 0 Å². The number of pyridine rings is 1. The van der Waals surface area contributed by atoms with Gasteiger partial charge in [-0.2, -0.15) is 0 Å². The van der Waals surface area contributed by atoms with Gasteiger partial charge in [0.05, 0.1) is 11.4 Å². The molecule has 0 fully saturated rings. The molecule has 0 aliphatic carbocycles. The van der Waals surface area contributed by atoms with Crippen molar-refractivity contribution in [3.63, 3.8) is 0 Å². The van der Waals surface area contributed by atoms with Crippen LogP contribution in [0, 0.1) is 0 Å². The van der Waals surface area contributed by atoms with E-state index >= 15 is 0 Å². The maximum Gasteiger partial charge on any atom is 0.154 e. The highest BCUT2D eigenvalue weighted by Crippen LogP contribution is 2.28. The van der Waals surface area contributed by atoms with E-state index in [9.17, 15) is 5.11 Å². The van der Waals surface area contributed by atoms with E-state index in [2.05, 4.69) is 10.3 Å². The van der Waals surface area contributed by atoms with E-state index in [1.807, 2.05) is 6.07 Å². The maximum absolute atomic E-state index is 9.31. The predicted molar refractivity (Wildman–Crippen MR) is 65.0 cm³/mol. The monoisotopic (exact) mass is 235 g/mol. The Hall–Kier alpha value is -1.94. The summed E-state index contributed by atoms with van der Waals surface area (Å²) in [7, 11) is 0. The molecule has 5 heteroatoms. The maximum atomic E-state index is 9.31. The Morgan fingerprint density at radius 2 is 2.12 bits per heavy atom. The highest BCUT2D eigenvalue weighted by atomic mass is 35.5. The van der Waals surface area contributed by atoms with Crippen LogP contribution in [-0.2, 0) is 0 Å². The number of benzene rings is 1. The lowest BCUT2D eigenvalue weighted by atomic mass is 10.2. The van der Waals surface area contributed by atoms with Crippen molar-refractivity contribution in [2.24, 2.45) is 0 Å². The van der Waals surface area contributed by atoms with Crippen molar-refractivity contribution in [3.05, 3.63) is 41.7 Å². The number of hydrogen-bond donors (Lipinski definition) is 3. The Kier molecular flexibility index (Phi) is 2.83. The number of rotatable bonds is 2. The smallest absolute Gasteiger partial charge is 0.154 e. The Morgan fingerprint density at radius 3 is 2.88 bits per heavy atom. The van der Waals surface area contributed by atoms with Gasteiger partial charge in [0.1, 0.15) is 5.75 Å². The van der Waals surface area contributed by atoms with Gasteiger partial charge in [-0.3, -0.25) is 0 Å². The fraction of sp³-hybridized carbons (Fsp3) is 0. The van der Waals surface area contributed by atoms with Gasteiger partial charge in [-0.25, -0.2) is 4.98 Å². The van der Waals surface area contributed by atoms with Crippen LogP contribution < -0.4 is 11.1 Å². The van der Waals surface area contributed by atoms with Crippen molar-refractivity contribution >= 4 is 28.7 Å². The van der Waals surface area contributed by atoms with Crippen LogP contribution in [0.1, 0.15) is 0 Å². The molecule has 1 heterocycles. The first-order valence-electron chi connectivity index (χ1n) is 4.63. The van der Waals surface area contributed by atoms with Gasteiger partial charge in [0.2, 0.25) is 0 Å². The number of halogens is 1. The van der Waals surface area contributed by atoms with Crippen molar-refractivity contribution in [1.29, 1.82) is 0 Å². The van der Waals surface area contributed by atoms with Crippen molar-refractivity contribution in [2.75, 3.05) is 11.1 Å². The minimum absolute atomic E-state index is 0.184. The minimum Gasteiger partial charge on any atom is -0.508 e. The van der Waals surface area contributed by atoms with Gasteiger partial charge in [-0.1, -0.05) is 17.7 Å². The average molecular weight is 236 g/mol. The molecule has 2 aromatic rings. The molecule has 0 saturated heterocycles. The lowest BCUT2D eigenvalue weighted by molar-refractivity contribution is 0.475. The van der Waals surface area contributed by atoms with E-state index in [4.69, 9.17) is 17.3 Å². The molecule has 1 aromatic carbocycles. The number of nitrogens with two attached hydrogens (primary N) is 1. The van der Waals surface area contributed by atoms with Gasteiger partial charge >= 0.3 is 0 Å². The summed E-state index contributed by atoms with van der Waals surface area (Å²) in [5.41, 5.74) is 7.52. The summed E-state index contributed by atoms with van der Waals surface area (Å²) in [6.07, 6.45) is 1.56. The highest BCUT2D eigenvalue weighted by molar-refractivity contribution is 6.32. The molecule has 0 saturated carbocycles. The van der Waals surface area contributed by atoms with Gasteiger partial charge in [0, 0.05) is 18.0 Å². The molecule has 16 heavy (non-hydrogen) atoms. The molecule has 4 N–H and O–H groups in total. The van der Waals surface area contributed by atoms with Gasteiger partial charge in [0.25, 0.3) is 0 Å². The molecular weight excluding hydrogens is 226 g/mol. The molecule has 0 bridgehead atoms. The zero-order valence-electron chi connectivity index (χ0n) is 8.31. The van der Waals surface area contributed by atoms with Crippen LogP contribution in [0.2, 0.25) is 5.15 Å². The third kappa shape index (κ3) is 2.17. The molecule has 0 aliphatic heterocycles. The number of aromatic nitrogens is 1. The van der Waals surface area contributed by atoms with Crippen LogP contribution in [0.15, 0.2) is 36.5 Å². The van der Waals surface area contributed by atoms with E-state index in [1.54, 1.807) is 30.5 Å². The minimum atomic E-state index is 0.184. The van der Waals surface area contributed by atoms with Crippen LogP contribution in [-0.4, -0.2) is 10.1 Å². The Morgan fingerprint density at radius 1 is 1.31 bits per heavy atom. The van der Waals surface area contributed by atoms with Crippen LogP contribution >= 0.6 is 11.6 Å². The second kappa shape index (κ2) is 4.28. The highest BCUT2D eigenvalue weighted by Gasteiger charge is 2.04. The molecule has 4 nitrogen and oxygen atoms in total. The van der Waals surface area contributed by atoms with Crippen LogP contribution in [0.5, 0.6) is 5.75 Å². The molecule has 0 spiro atoms. The van der Waals surface area contributed by atoms with E-state index < -0.39 is 0 Å². The lowest BCUT2D eigenvalue weighted by Gasteiger charge is -2.09. The number of phenols is 1. The number of nitrogens with zero attached hydrogens (tertiary/aromatic N) is 1. The van der Waals surface area contributed by atoms with Gasteiger partial charge < -0.3 is 16.2 Å². The second-order valence-electron chi connectivity index (χ2n) is 3.24. The van der Waals surface area contributed by atoms with Crippen LogP contribution in [0.25, 0.3) is 0 Å². The third-order valence-electron chi connectivity index (χ3n) is 2.07. The Labute approximate surface area is 97.7 Å². The Balaban J connectivity index is 2.31. The molecule has 0 unspecified atom stereocenters. The third-order valence-corrected chi connectivity index (χ3v) is 2.37. The summed E-state index contributed by atoms with van der Waals surface area (Å²) in [5, 5.41) is 12.6. The topological polar surface area (TPSA) is 71.2 Å². The molecule has 0 amide bonds. The number of anilines is 3. The summed E-state index contributed by atoms with van der Waals surface area (Å²) >= 11 is 5.79. The SMILES string of the molecule is Nc1c(Nc2cccc(O)c2)ccnc1Cl. The van der Waals surface area contributed by atoms with Gasteiger partial charge in [0.15, 0.2) is 5.15 Å². The number of nitrogens with one attached hydrogen (secondary N) is 1. The second-order valence-corrected chi connectivity index (χ2v) is 3.60. The largest absolute Gasteiger partial charge is 0.508 e. The van der Waals surface area contributed by atoms with E-state index in [-0.39, 0.29) is 10.9 Å². The average Bonchev–Trinajstić information content (AvgIpc) is 2.25. The van der Waals surface area contributed by atoms with Crippen molar-refractivity contribution in [3.8, 4) is 5.75 Å². The quantitative estimate of drug-likeness (QED) is 0.700. The van der Waals surface area contributed by atoms with Crippen LogP contribution in [0.4, 0.5) is 17.1 Å². The van der Waals surface area contributed by atoms with E-state index in [0.717, 1.165) is 5.69 Å². The summed E-state index contributed by atoms with van der Waals surface area (Å²) in [6.45, 7) is 0. The molecular formula is C11H10ClN3O. The van der Waals surface area contributed by atoms with Crippen molar-refractivity contribution in [2.45, 2.75) is 0 Å². The summed E-state index contributed by atoms with van der Waals surface area (Å²) in [6, 6.07) is 8.44. The fourth-order valence-corrected chi connectivity index (χ4v) is 1.45. The van der Waals surface area contributed by atoms with Gasteiger partial charge in [-0.05, 0) is 18.2 Å². The normalized spacial score (nSPS) is 10.1. The molecule has 2 rings (SSSR count). The lowest BCUT2D eigenvalue weighted by Crippen LogP contribution is -1.97. The number of nitrogen functional groups attached to an aromatic ring is 1. The summed E-state index contributed by atoms with van der Waals surface area (Å²) < 4.78 is 0. The van der Waals surface area contributed by atoms with Crippen molar-refractivity contribution < 1.29 is 5.11 Å². The van der Waals surface area contributed by atoms with Gasteiger partial charge in [-0.15, -0.1) is 0 Å². The van der Waals surface area contributed by atoms with E-state index in [0.29, 0.717) is 11.4 Å². The molecule has 0 aliphatic rings.